The number of carbonyl (C=O) groups is 3. The number of piperazine rings is 1. The van der Waals surface area contributed by atoms with Crippen LogP contribution in [-0.2, 0) is 9.59 Å². The van der Waals surface area contributed by atoms with E-state index in [1.165, 1.54) is 0 Å². The third-order valence-electron chi connectivity index (χ3n) is 6.20. The molecule has 0 atom stereocenters. The van der Waals surface area contributed by atoms with Crippen molar-refractivity contribution in [2.75, 3.05) is 32.7 Å². The largest absolute Gasteiger partial charge is 0.343 e. The van der Waals surface area contributed by atoms with E-state index < -0.39 is 0 Å². The van der Waals surface area contributed by atoms with Gasteiger partial charge in [0.15, 0.2) is 0 Å². The molecule has 3 aromatic rings. The Morgan fingerprint density at radius 2 is 1.09 bits per heavy atom. The zero-order valence-corrected chi connectivity index (χ0v) is 19.1. The number of hydrogen-bond acceptors (Lipinski definition) is 3. The molecule has 1 aliphatic rings. The van der Waals surface area contributed by atoms with Crippen LogP contribution in [0.4, 0.5) is 0 Å². The van der Waals surface area contributed by atoms with Gasteiger partial charge in [-0.25, -0.2) is 0 Å². The van der Waals surface area contributed by atoms with Gasteiger partial charge in [0.05, 0.1) is 6.54 Å². The zero-order chi connectivity index (χ0) is 23.8. The topological polar surface area (TPSA) is 69.7 Å². The summed E-state index contributed by atoms with van der Waals surface area (Å²) in [5.74, 6) is -0.330. The normalized spacial score (nSPS) is 13.6. The van der Waals surface area contributed by atoms with Gasteiger partial charge in [0.1, 0.15) is 0 Å². The highest BCUT2D eigenvalue weighted by atomic mass is 16.2. The van der Waals surface area contributed by atoms with Gasteiger partial charge in [-0.2, -0.15) is 0 Å². The van der Waals surface area contributed by atoms with E-state index >= 15 is 0 Å². The molecule has 0 saturated carbocycles. The van der Waals surface area contributed by atoms with Crippen molar-refractivity contribution in [1.29, 1.82) is 0 Å². The lowest BCUT2D eigenvalue weighted by molar-refractivity contribution is -0.139. The maximum atomic E-state index is 13.2. The number of hydrogen-bond donors (Lipinski definition) is 1. The summed E-state index contributed by atoms with van der Waals surface area (Å²) in [6, 6.07) is 29.0. The van der Waals surface area contributed by atoms with Crippen LogP contribution in [0, 0.1) is 0 Å². The minimum atomic E-state index is -0.268. The second-order valence-corrected chi connectivity index (χ2v) is 8.39. The molecule has 1 saturated heterocycles. The lowest BCUT2D eigenvalue weighted by atomic mass is 9.88. The number of rotatable bonds is 7. The molecule has 3 aromatic carbocycles. The fourth-order valence-corrected chi connectivity index (χ4v) is 4.27. The fourth-order valence-electron chi connectivity index (χ4n) is 4.27. The second kappa shape index (κ2) is 11.3. The Morgan fingerprint density at radius 1 is 0.647 bits per heavy atom. The SMILES string of the molecule is O=C(NCC(=O)N1CCN(C(=O)CC(c2ccccc2)c2ccccc2)CC1)c1ccccc1. The summed E-state index contributed by atoms with van der Waals surface area (Å²) >= 11 is 0. The minimum absolute atomic E-state index is 0.0113. The van der Waals surface area contributed by atoms with Crippen LogP contribution in [0.3, 0.4) is 0 Å². The highest BCUT2D eigenvalue weighted by Crippen LogP contribution is 2.28. The molecule has 1 N–H and O–H groups in total. The molecule has 0 bridgehead atoms. The molecule has 1 heterocycles. The molecule has 3 amide bonds. The number of amides is 3. The quantitative estimate of drug-likeness (QED) is 0.594. The summed E-state index contributed by atoms with van der Waals surface area (Å²) in [6.45, 7) is 1.87. The van der Waals surface area contributed by atoms with Crippen molar-refractivity contribution < 1.29 is 14.4 Å². The van der Waals surface area contributed by atoms with E-state index in [1.807, 2.05) is 47.4 Å². The van der Waals surface area contributed by atoms with E-state index in [0.29, 0.717) is 38.2 Å². The van der Waals surface area contributed by atoms with E-state index in [2.05, 4.69) is 29.6 Å². The molecule has 0 radical (unpaired) electrons. The third kappa shape index (κ3) is 5.90. The summed E-state index contributed by atoms with van der Waals surface area (Å²) in [4.78, 5) is 41.5. The van der Waals surface area contributed by atoms with Crippen molar-refractivity contribution in [2.24, 2.45) is 0 Å². The summed E-state index contributed by atoms with van der Waals surface area (Å²) in [6.07, 6.45) is 0.384. The second-order valence-electron chi connectivity index (χ2n) is 8.39. The molecule has 34 heavy (non-hydrogen) atoms. The molecule has 6 heteroatoms. The van der Waals surface area contributed by atoms with E-state index in [-0.39, 0.29) is 30.2 Å². The van der Waals surface area contributed by atoms with Gasteiger partial charge in [0.25, 0.3) is 5.91 Å². The maximum absolute atomic E-state index is 13.2. The van der Waals surface area contributed by atoms with Crippen LogP contribution in [-0.4, -0.2) is 60.2 Å². The van der Waals surface area contributed by atoms with Gasteiger partial charge in [-0.15, -0.1) is 0 Å². The van der Waals surface area contributed by atoms with Crippen molar-refractivity contribution in [1.82, 2.24) is 15.1 Å². The monoisotopic (exact) mass is 455 g/mol. The Kier molecular flexibility index (Phi) is 7.71. The molecule has 1 fully saturated rings. The van der Waals surface area contributed by atoms with E-state index in [4.69, 9.17) is 0 Å². The lowest BCUT2D eigenvalue weighted by Crippen LogP contribution is -2.52. The fraction of sp³-hybridized carbons (Fsp3) is 0.250. The highest BCUT2D eigenvalue weighted by Gasteiger charge is 2.27. The number of benzene rings is 3. The smallest absolute Gasteiger partial charge is 0.251 e. The molecule has 6 nitrogen and oxygen atoms in total. The molecule has 1 aliphatic heterocycles. The average Bonchev–Trinajstić information content (AvgIpc) is 2.91. The van der Waals surface area contributed by atoms with Crippen LogP contribution in [0.1, 0.15) is 33.8 Å². The summed E-state index contributed by atoms with van der Waals surface area (Å²) in [5.41, 5.74) is 2.76. The number of nitrogens with one attached hydrogen (secondary N) is 1. The first-order valence-electron chi connectivity index (χ1n) is 11.6. The van der Waals surface area contributed by atoms with Crippen LogP contribution in [0.25, 0.3) is 0 Å². The van der Waals surface area contributed by atoms with Crippen LogP contribution in [0.2, 0.25) is 0 Å². The molecule has 0 spiro atoms. The van der Waals surface area contributed by atoms with Crippen molar-refractivity contribution in [3.63, 3.8) is 0 Å². The first-order chi connectivity index (χ1) is 16.6. The molecule has 4 rings (SSSR count). The molecular weight excluding hydrogens is 426 g/mol. The van der Waals surface area contributed by atoms with Crippen LogP contribution in [0.15, 0.2) is 91.0 Å². The maximum Gasteiger partial charge on any atom is 0.251 e. The molecule has 0 aromatic heterocycles. The minimum Gasteiger partial charge on any atom is -0.343 e. The van der Waals surface area contributed by atoms with E-state index in [0.717, 1.165) is 11.1 Å². The summed E-state index contributed by atoms with van der Waals surface area (Å²) < 4.78 is 0. The van der Waals surface area contributed by atoms with Gasteiger partial charge < -0.3 is 15.1 Å². The van der Waals surface area contributed by atoms with Gasteiger partial charge in [-0.3, -0.25) is 14.4 Å². The van der Waals surface area contributed by atoms with Gasteiger partial charge in [-0.1, -0.05) is 78.9 Å². The molecule has 174 valence electrons. The van der Waals surface area contributed by atoms with Crippen molar-refractivity contribution >= 4 is 17.7 Å². The Morgan fingerprint density at radius 3 is 1.59 bits per heavy atom. The first-order valence-corrected chi connectivity index (χ1v) is 11.6. The van der Waals surface area contributed by atoms with E-state index in [9.17, 15) is 14.4 Å². The van der Waals surface area contributed by atoms with E-state index in [1.54, 1.807) is 29.2 Å². The predicted octanol–water partition coefficient (Wildman–Crippen LogP) is 3.31. The van der Waals surface area contributed by atoms with Crippen LogP contribution in [0.5, 0.6) is 0 Å². The van der Waals surface area contributed by atoms with Gasteiger partial charge in [-0.05, 0) is 23.3 Å². The van der Waals surface area contributed by atoms with Crippen LogP contribution >= 0.6 is 0 Å². The van der Waals surface area contributed by atoms with Crippen LogP contribution < -0.4 is 5.32 Å². The van der Waals surface area contributed by atoms with Crippen molar-refractivity contribution in [3.8, 4) is 0 Å². The van der Waals surface area contributed by atoms with Crippen molar-refractivity contribution in [2.45, 2.75) is 12.3 Å². The Bertz CT molecular complexity index is 1060. The highest BCUT2D eigenvalue weighted by molar-refractivity contribution is 5.96. The third-order valence-corrected chi connectivity index (χ3v) is 6.20. The summed E-state index contributed by atoms with van der Waals surface area (Å²) in [5, 5.41) is 2.68. The summed E-state index contributed by atoms with van der Waals surface area (Å²) in [7, 11) is 0. The Labute approximate surface area is 200 Å². The van der Waals surface area contributed by atoms with Gasteiger partial charge >= 0.3 is 0 Å². The standard InChI is InChI=1S/C28H29N3O3/c32-26(20-25(22-10-4-1-5-11-22)23-12-6-2-7-13-23)30-16-18-31(19-17-30)27(33)21-29-28(34)24-14-8-3-9-15-24/h1-15,25H,16-21H2,(H,29,34). The van der Waals surface area contributed by atoms with Gasteiger partial charge in [0.2, 0.25) is 11.8 Å². The van der Waals surface area contributed by atoms with Gasteiger partial charge in [0, 0.05) is 44.1 Å². The molecule has 0 unspecified atom stereocenters. The first kappa shape index (κ1) is 23.2. The molecule has 0 aliphatic carbocycles. The lowest BCUT2D eigenvalue weighted by Gasteiger charge is -2.35. The zero-order valence-electron chi connectivity index (χ0n) is 19.1. The number of carbonyl (C=O) groups excluding carboxylic acids is 3. The number of nitrogens with zero attached hydrogens (tertiary/aromatic N) is 2. The van der Waals surface area contributed by atoms with Crippen molar-refractivity contribution in [3.05, 3.63) is 108 Å². The average molecular weight is 456 g/mol. The Balaban J connectivity index is 1.30. The predicted molar refractivity (Wildman–Crippen MR) is 131 cm³/mol. The Hall–Kier alpha value is -3.93. The molecular formula is C28H29N3O3.